The highest BCUT2D eigenvalue weighted by Crippen LogP contribution is 2.35. The van der Waals surface area contributed by atoms with E-state index in [1.807, 2.05) is 18.5 Å². The predicted octanol–water partition coefficient (Wildman–Crippen LogP) is 8.07. The molecule has 0 aliphatic carbocycles. The molecule has 2 aromatic heterocycles. The van der Waals surface area contributed by atoms with Crippen molar-refractivity contribution in [3.05, 3.63) is 96.3 Å². The van der Waals surface area contributed by atoms with E-state index in [1.165, 1.54) is 22.3 Å². The Morgan fingerprint density at radius 3 is 1.88 bits per heavy atom. The molecule has 0 amide bonds. The van der Waals surface area contributed by atoms with Gasteiger partial charge in [0.05, 0.1) is 11.4 Å². The Hall–Kier alpha value is -3.26. The zero-order valence-electron chi connectivity index (χ0n) is 20.0. The molecule has 0 N–H and O–H groups in total. The van der Waals surface area contributed by atoms with E-state index in [1.54, 1.807) is 0 Å². The topological polar surface area (TPSA) is 25.8 Å². The summed E-state index contributed by atoms with van der Waals surface area (Å²) in [4.78, 5) is 9.50. The second-order valence-electron chi connectivity index (χ2n) is 10.5. The normalized spacial score (nSPS) is 12.1. The number of hydrogen-bond donors (Lipinski definition) is 0. The van der Waals surface area contributed by atoms with Gasteiger partial charge in [-0.15, -0.1) is 0 Å². The molecule has 4 aromatic rings. The molecule has 0 fully saturated rings. The van der Waals surface area contributed by atoms with Crippen LogP contribution in [0.5, 0.6) is 0 Å². The summed E-state index contributed by atoms with van der Waals surface area (Å²) in [6.45, 7) is 13.5. The summed E-state index contributed by atoms with van der Waals surface area (Å²) in [5.41, 5.74) is 9.26. The first-order chi connectivity index (χ1) is 15.1. The Balaban J connectivity index is 1.87. The molecule has 0 saturated heterocycles. The van der Waals surface area contributed by atoms with Gasteiger partial charge >= 0.3 is 0 Å². The van der Waals surface area contributed by atoms with E-state index in [9.17, 15) is 0 Å². The summed E-state index contributed by atoms with van der Waals surface area (Å²) >= 11 is 0. The molecule has 2 heterocycles. The van der Waals surface area contributed by atoms with Crippen LogP contribution >= 0.6 is 0 Å². The van der Waals surface area contributed by atoms with E-state index in [0.29, 0.717) is 0 Å². The lowest BCUT2D eigenvalue weighted by Crippen LogP contribution is -2.13. The van der Waals surface area contributed by atoms with Crippen LogP contribution in [0.1, 0.15) is 52.7 Å². The van der Waals surface area contributed by atoms with Crippen LogP contribution < -0.4 is 0 Å². The third kappa shape index (κ3) is 4.65. The molecule has 32 heavy (non-hydrogen) atoms. The number of rotatable bonds is 3. The van der Waals surface area contributed by atoms with Gasteiger partial charge < -0.3 is 0 Å². The molecule has 4 rings (SSSR count). The molecule has 0 aliphatic heterocycles. The SMILES string of the molecule is CC(C)(C)c1cc(-c2ccccc2)nc(-c2cccc(-c3cnccc3C(C)(C)C)c2)c1. The maximum absolute atomic E-state index is 5.08. The van der Waals surface area contributed by atoms with Crippen LogP contribution in [0, 0.1) is 0 Å². The lowest BCUT2D eigenvalue weighted by molar-refractivity contribution is 0.590. The predicted molar refractivity (Wildman–Crippen MR) is 136 cm³/mol. The van der Waals surface area contributed by atoms with Gasteiger partial charge in [-0.2, -0.15) is 0 Å². The molecule has 162 valence electrons. The van der Waals surface area contributed by atoms with E-state index in [-0.39, 0.29) is 10.8 Å². The number of benzene rings is 2. The van der Waals surface area contributed by atoms with Gasteiger partial charge in [-0.05, 0) is 51.8 Å². The monoisotopic (exact) mass is 420 g/mol. The van der Waals surface area contributed by atoms with E-state index < -0.39 is 0 Å². The summed E-state index contributed by atoms with van der Waals surface area (Å²) in [5.74, 6) is 0. The average molecular weight is 421 g/mol. The van der Waals surface area contributed by atoms with Gasteiger partial charge in [0.1, 0.15) is 0 Å². The maximum Gasteiger partial charge on any atom is 0.0712 e. The molecule has 0 atom stereocenters. The highest BCUT2D eigenvalue weighted by molar-refractivity contribution is 5.75. The third-order valence-corrected chi connectivity index (χ3v) is 5.86. The number of nitrogens with zero attached hydrogens (tertiary/aromatic N) is 2. The first-order valence-electron chi connectivity index (χ1n) is 11.3. The molecule has 2 nitrogen and oxygen atoms in total. The molecular weight excluding hydrogens is 388 g/mol. The van der Waals surface area contributed by atoms with E-state index >= 15 is 0 Å². The molecule has 2 aromatic carbocycles. The maximum atomic E-state index is 5.08. The highest BCUT2D eigenvalue weighted by Gasteiger charge is 2.20. The molecular formula is C30H32N2. The number of aromatic nitrogens is 2. The Labute approximate surface area is 192 Å². The van der Waals surface area contributed by atoms with Gasteiger partial charge in [0.25, 0.3) is 0 Å². The van der Waals surface area contributed by atoms with Crippen molar-refractivity contribution in [3.63, 3.8) is 0 Å². The quantitative estimate of drug-likeness (QED) is 0.335. The van der Waals surface area contributed by atoms with E-state index in [2.05, 4.69) is 113 Å². The van der Waals surface area contributed by atoms with E-state index in [0.717, 1.165) is 22.5 Å². The smallest absolute Gasteiger partial charge is 0.0712 e. The van der Waals surface area contributed by atoms with Crippen molar-refractivity contribution >= 4 is 0 Å². The van der Waals surface area contributed by atoms with Gasteiger partial charge in [0, 0.05) is 29.1 Å². The van der Waals surface area contributed by atoms with Gasteiger partial charge in [0.2, 0.25) is 0 Å². The molecule has 0 aliphatic rings. The fraction of sp³-hybridized carbons (Fsp3) is 0.267. The molecule has 2 heteroatoms. The van der Waals surface area contributed by atoms with Crippen molar-refractivity contribution in [2.45, 2.75) is 52.4 Å². The second kappa shape index (κ2) is 8.35. The van der Waals surface area contributed by atoms with Crippen molar-refractivity contribution in [1.82, 2.24) is 9.97 Å². The van der Waals surface area contributed by atoms with Crippen LogP contribution in [0.4, 0.5) is 0 Å². The summed E-state index contributed by atoms with van der Waals surface area (Å²) in [7, 11) is 0. The van der Waals surface area contributed by atoms with Crippen LogP contribution in [0.15, 0.2) is 85.2 Å². The fourth-order valence-corrected chi connectivity index (χ4v) is 3.99. The van der Waals surface area contributed by atoms with Crippen LogP contribution in [-0.4, -0.2) is 9.97 Å². The lowest BCUT2D eigenvalue weighted by atomic mass is 9.82. The summed E-state index contributed by atoms with van der Waals surface area (Å²) in [6.07, 6.45) is 3.86. The molecule has 0 bridgehead atoms. The van der Waals surface area contributed by atoms with Crippen molar-refractivity contribution in [2.75, 3.05) is 0 Å². The van der Waals surface area contributed by atoms with Crippen molar-refractivity contribution in [3.8, 4) is 33.6 Å². The summed E-state index contributed by atoms with van der Waals surface area (Å²) in [6, 6.07) is 25.7. The van der Waals surface area contributed by atoms with Crippen LogP contribution in [0.2, 0.25) is 0 Å². The first-order valence-corrected chi connectivity index (χ1v) is 11.3. The second-order valence-corrected chi connectivity index (χ2v) is 10.5. The van der Waals surface area contributed by atoms with Gasteiger partial charge in [-0.25, -0.2) is 4.98 Å². The minimum atomic E-state index is 0.0294. The minimum Gasteiger partial charge on any atom is -0.264 e. The zero-order chi connectivity index (χ0) is 22.9. The Kier molecular flexibility index (Phi) is 5.73. The van der Waals surface area contributed by atoms with Crippen LogP contribution in [0.25, 0.3) is 33.6 Å². The molecule has 0 saturated carbocycles. The zero-order valence-corrected chi connectivity index (χ0v) is 20.0. The fourth-order valence-electron chi connectivity index (χ4n) is 3.99. The summed E-state index contributed by atoms with van der Waals surface area (Å²) < 4.78 is 0. The highest BCUT2D eigenvalue weighted by atomic mass is 14.7. The standard InChI is InChI=1S/C30H32N2/c1-29(2,3)24-18-27(21-11-8-7-9-12-21)32-28(19-24)23-14-10-13-22(17-23)25-20-31-16-15-26(25)30(4,5)6/h7-20H,1-6H3. The molecule has 0 unspecified atom stereocenters. The largest absolute Gasteiger partial charge is 0.264 e. The first kappa shape index (κ1) is 22.0. The minimum absolute atomic E-state index is 0.0294. The van der Waals surface area contributed by atoms with Crippen molar-refractivity contribution in [2.24, 2.45) is 0 Å². The Morgan fingerprint density at radius 2 is 1.22 bits per heavy atom. The molecule has 0 spiro atoms. The Morgan fingerprint density at radius 1 is 0.594 bits per heavy atom. The average Bonchev–Trinajstić information content (AvgIpc) is 2.78. The summed E-state index contributed by atoms with van der Waals surface area (Å²) in [5, 5.41) is 0. The molecule has 0 radical (unpaired) electrons. The van der Waals surface area contributed by atoms with Gasteiger partial charge in [-0.1, -0.05) is 90.1 Å². The number of pyridine rings is 2. The lowest BCUT2D eigenvalue weighted by Gasteiger charge is -2.23. The van der Waals surface area contributed by atoms with Crippen LogP contribution in [-0.2, 0) is 10.8 Å². The van der Waals surface area contributed by atoms with Crippen LogP contribution in [0.3, 0.4) is 0 Å². The van der Waals surface area contributed by atoms with Crippen molar-refractivity contribution < 1.29 is 0 Å². The third-order valence-electron chi connectivity index (χ3n) is 5.86. The van der Waals surface area contributed by atoms with Crippen molar-refractivity contribution in [1.29, 1.82) is 0 Å². The van der Waals surface area contributed by atoms with Gasteiger partial charge in [0.15, 0.2) is 0 Å². The Bertz CT molecular complexity index is 1230. The van der Waals surface area contributed by atoms with E-state index in [4.69, 9.17) is 4.98 Å². The van der Waals surface area contributed by atoms with Gasteiger partial charge in [-0.3, -0.25) is 4.98 Å². The number of hydrogen-bond acceptors (Lipinski definition) is 2.